The number of hydrogen-bond acceptors (Lipinski definition) is 4. The molecule has 6 heteroatoms. The predicted octanol–water partition coefficient (Wildman–Crippen LogP) is 0.923. The lowest BCUT2D eigenvalue weighted by Gasteiger charge is -2.29. The van der Waals surface area contributed by atoms with Crippen molar-refractivity contribution >= 4 is 11.6 Å². The van der Waals surface area contributed by atoms with Crippen molar-refractivity contribution in [3.63, 3.8) is 0 Å². The van der Waals surface area contributed by atoms with E-state index in [-0.39, 0.29) is 18.3 Å². The molecule has 1 aromatic carbocycles. The topological polar surface area (TPSA) is 64.8 Å². The maximum Gasteiger partial charge on any atom is 0.258 e. The Bertz CT molecular complexity index is 450. The molecule has 5 nitrogen and oxygen atoms in total. The Morgan fingerprint density at radius 1 is 1.45 bits per heavy atom. The normalized spacial score (nSPS) is 18.8. The van der Waals surface area contributed by atoms with E-state index in [1.807, 2.05) is 0 Å². The number of benzene rings is 1. The second kappa shape index (κ2) is 7.33. The summed E-state index contributed by atoms with van der Waals surface area (Å²) in [6, 6.07) is 5.94. The van der Waals surface area contributed by atoms with Crippen LogP contribution in [0.25, 0.3) is 0 Å². The number of rotatable bonds is 5. The van der Waals surface area contributed by atoms with E-state index in [1.54, 1.807) is 12.1 Å². The Balaban J connectivity index is 2.15. The van der Waals surface area contributed by atoms with Gasteiger partial charge in [-0.15, -0.1) is 0 Å². The third-order valence-corrected chi connectivity index (χ3v) is 3.06. The van der Waals surface area contributed by atoms with Crippen LogP contribution < -0.4 is 10.6 Å². The summed E-state index contributed by atoms with van der Waals surface area (Å²) in [7, 11) is 0. The van der Waals surface area contributed by atoms with Gasteiger partial charge in [0.15, 0.2) is 6.10 Å². The molecule has 1 saturated heterocycles. The molecule has 0 saturated carbocycles. The molecule has 0 radical (unpaired) electrons. The molecule has 110 valence electrons. The average Bonchev–Trinajstić information content (AvgIpc) is 2.48. The third kappa shape index (κ3) is 3.75. The van der Waals surface area contributed by atoms with Crippen molar-refractivity contribution in [1.82, 2.24) is 0 Å². The fraction of sp³-hybridized carbons (Fsp3) is 0.500. The van der Waals surface area contributed by atoms with Crippen LogP contribution in [-0.2, 0) is 14.3 Å². The number of amides is 1. The van der Waals surface area contributed by atoms with E-state index >= 15 is 0 Å². The van der Waals surface area contributed by atoms with Gasteiger partial charge in [-0.1, -0.05) is 6.07 Å². The molecule has 1 aromatic rings. The van der Waals surface area contributed by atoms with Crippen molar-refractivity contribution in [1.29, 1.82) is 0 Å². The molecule has 0 aromatic heterocycles. The summed E-state index contributed by atoms with van der Waals surface area (Å²) in [5.41, 5.74) is 6.01. The van der Waals surface area contributed by atoms with Gasteiger partial charge in [0.2, 0.25) is 0 Å². The molecular weight excluding hydrogens is 263 g/mol. The molecule has 1 unspecified atom stereocenters. The Morgan fingerprint density at radius 2 is 2.30 bits per heavy atom. The van der Waals surface area contributed by atoms with Crippen molar-refractivity contribution in [2.75, 3.05) is 37.8 Å². The number of ether oxygens (including phenoxy) is 2. The first kappa shape index (κ1) is 14.9. The highest BCUT2D eigenvalue weighted by Crippen LogP contribution is 2.18. The number of anilines is 1. The molecule has 1 atom stereocenters. The van der Waals surface area contributed by atoms with Gasteiger partial charge in [0.05, 0.1) is 19.8 Å². The first-order valence-corrected chi connectivity index (χ1v) is 6.68. The number of nitrogens with two attached hydrogens (primary N) is 1. The minimum Gasteiger partial charge on any atom is -0.376 e. The highest BCUT2D eigenvalue weighted by atomic mass is 19.1. The van der Waals surface area contributed by atoms with Crippen LogP contribution >= 0.6 is 0 Å². The molecule has 1 amide bonds. The summed E-state index contributed by atoms with van der Waals surface area (Å²) in [6.07, 6.45) is 0.000300. The summed E-state index contributed by atoms with van der Waals surface area (Å²) < 4.78 is 24.0. The molecule has 2 N–H and O–H groups in total. The molecule has 1 fully saturated rings. The van der Waals surface area contributed by atoms with E-state index in [0.717, 1.165) is 0 Å². The largest absolute Gasteiger partial charge is 0.376 e. The van der Waals surface area contributed by atoms with Gasteiger partial charge in [-0.25, -0.2) is 4.39 Å². The standard InChI is InChI=1S/C14H19FN2O3/c15-11-3-1-4-12(9-11)17(6-2-5-16)14(18)13-10-19-7-8-20-13/h1,3-4,9,13H,2,5-8,10,16H2. The molecule has 0 bridgehead atoms. The first-order chi connectivity index (χ1) is 9.72. The van der Waals surface area contributed by atoms with Gasteiger partial charge in [0, 0.05) is 12.2 Å². The Morgan fingerprint density at radius 3 is 2.95 bits per heavy atom. The Hall–Kier alpha value is -1.50. The lowest BCUT2D eigenvalue weighted by molar-refractivity contribution is -0.144. The highest BCUT2D eigenvalue weighted by molar-refractivity contribution is 5.96. The quantitative estimate of drug-likeness (QED) is 0.872. The van der Waals surface area contributed by atoms with E-state index in [1.165, 1.54) is 17.0 Å². The van der Waals surface area contributed by atoms with E-state index in [9.17, 15) is 9.18 Å². The minimum absolute atomic E-state index is 0.219. The molecule has 0 aliphatic carbocycles. The highest BCUT2D eigenvalue weighted by Gasteiger charge is 2.28. The van der Waals surface area contributed by atoms with E-state index in [4.69, 9.17) is 15.2 Å². The van der Waals surface area contributed by atoms with Crippen LogP contribution in [0.15, 0.2) is 24.3 Å². The van der Waals surface area contributed by atoms with E-state index < -0.39 is 6.10 Å². The lowest BCUT2D eigenvalue weighted by Crippen LogP contribution is -2.46. The van der Waals surface area contributed by atoms with E-state index in [0.29, 0.717) is 38.4 Å². The lowest BCUT2D eigenvalue weighted by atomic mass is 10.2. The van der Waals surface area contributed by atoms with Crippen molar-refractivity contribution in [3.05, 3.63) is 30.1 Å². The fourth-order valence-electron chi connectivity index (χ4n) is 2.06. The number of carbonyl (C=O) groups is 1. The van der Waals surface area contributed by atoms with Crippen molar-refractivity contribution in [3.8, 4) is 0 Å². The number of nitrogens with zero attached hydrogens (tertiary/aromatic N) is 1. The zero-order valence-electron chi connectivity index (χ0n) is 11.3. The second-order valence-corrected chi connectivity index (χ2v) is 4.55. The zero-order chi connectivity index (χ0) is 14.4. The molecule has 1 aliphatic rings. The Labute approximate surface area is 117 Å². The van der Waals surface area contributed by atoms with Gasteiger partial charge in [-0.2, -0.15) is 0 Å². The van der Waals surface area contributed by atoms with Crippen LogP contribution in [0, 0.1) is 5.82 Å². The number of hydrogen-bond donors (Lipinski definition) is 1. The van der Waals surface area contributed by atoms with Crippen molar-refractivity contribution in [2.45, 2.75) is 12.5 Å². The summed E-state index contributed by atoms with van der Waals surface area (Å²) in [5, 5.41) is 0. The van der Waals surface area contributed by atoms with Gasteiger partial charge in [-0.3, -0.25) is 4.79 Å². The number of halogens is 1. The zero-order valence-corrected chi connectivity index (χ0v) is 11.3. The van der Waals surface area contributed by atoms with Gasteiger partial charge >= 0.3 is 0 Å². The monoisotopic (exact) mass is 282 g/mol. The summed E-state index contributed by atoms with van der Waals surface area (Å²) in [6.45, 7) is 2.00. The minimum atomic E-state index is -0.634. The first-order valence-electron chi connectivity index (χ1n) is 6.68. The molecule has 1 aliphatic heterocycles. The van der Waals surface area contributed by atoms with Crippen LogP contribution in [0.4, 0.5) is 10.1 Å². The maximum absolute atomic E-state index is 13.3. The predicted molar refractivity (Wildman–Crippen MR) is 73.0 cm³/mol. The van der Waals surface area contributed by atoms with Crippen molar-refractivity contribution in [2.24, 2.45) is 5.73 Å². The molecule has 1 heterocycles. The maximum atomic E-state index is 13.3. The number of carbonyl (C=O) groups excluding carboxylic acids is 1. The van der Waals surface area contributed by atoms with Gasteiger partial charge in [-0.05, 0) is 31.2 Å². The summed E-state index contributed by atoms with van der Waals surface area (Å²) in [4.78, 5) is 14.0. The van der Waals surface area contributed by atoms with Crippen LogP contribution in [-0.4, -0.2) is 44.9 Å². The summed E-state index contributed by atoms with van der Waals surface area (Å²) in [5.74, 6) is -0.599. The van der Waals surface area contributed by atoms with Crippen LogP contribution in [0.5, 0.6) is 0 Å². The molecule has 0 spiro atoms. The third-order valence-electron chi connectivity index (χ3n) is 3.06. The average molecular weight is 282 g/mol. The van der Waals surface area contributed by atoms with Gasteiger partial charge in [0.25, 0.3) is 5.91 Å². The van der Waals surface area contributed by atoms with Crippen molar-refractivity contribution < 1.29 is 18.7 Å². The Kier molecular flexibility index (Phi) is 5.46. The van der Waals surface area contributed by atoms with Gasteiger partial charge in [0.1, 0.15) is 5.82 Å². The molecule has 20 heavy (non-hydrogen) atoms. The van der Waals surface area contributed by atoms with E-state index in [2.05, 4.69) is 0 Å². The molecule has 2 rings (SSSR count). The molecular formula is C14H19FN2O3. The summed E-state index contributed by atoms with van der Waals surface area (Å²) >= 11 is 0. The smallest absolute Gasteiger partial charge is 0.258 e. The van der Waals surface area contributed by atoms with Crippen LogP contribution in [0.2, 0.25) is 0 Å². The van der Waals surface area contributed by atoms with Crippen LogP contribution in [0.3, 0.4) is 0 Å². The van der Waals surface area contributed by atoms with Crippen LogP contribution in [0.1, 0.15) is 6.42 Å². The van der Waals surface area contributed by atoms with Gasteiger partial charge < -0.3 is 20.1 Å². The second-order valence-electron chi connectivity index (χ2n) is 4.55. The fourth-order valence-corrected chi connectivity index (χ4v) is 2.06. The SMILES string of the molecule is NCCCN(C(=O)C1COCCO1)c1cccc(F)c1.